The Morgan fingerprint density at radius 3 is 2.30 bits per heavy atom. The lowest BCUT2D eigenvalue weighted by Crippen LogP contribution is -2.13. The highest BCUT2D eigenvalue weighted by molar-refractivity contribution is 6.07. The Bertz CT molecular complexity index is 467. The van der Waals surface area contributed by atoms with Crippen LogP contribution in [0.4, 0.5) is 0 Å². The maximum absolute atomic E-state index is 12.1. The highest BCUT2D eigenvalue weighted by Crippen LogP contribution is 2.26. The molecule has 0 aliphatic heterocycles. The standard InChI is InChI=1S/C15H20O5/c1-4-18-11-7-8-14(19-5-2)12(9-11)13(16)10-15(17)20-6-3/h7-9H,4-6,10H2,1-3H3. The summed E-state index contributed by atoms with van der Waals surface area (Å²) in [6, 6.07) is 5.00. The molecule has 0 fully saturated rings. The summed E-state index contributed by atoms with van der Waals surface area (Å²) in [7, 11) is 0. The van der Waals surface area contributed by atoms with Crippen LogP contribution in [-0.4, -0.2) is 31.6 Å². The molecular formula is C15H20O5. The Morgan fingerprint density at radius 2 is 1.70 bits per heavy atom. The van der Waals surface area contributed by atoms with Crippen LogP contribution in [0, 0.1) is 0 Å². The number of esters is 1. The number of carbonyl (C=O) groups is 2. The van der Waals surface area contributed by atoms with Gasteiger partial charge in [-0.15, -0.1) is 0 Å². The fraction of sp³-hybridized carbons (Fsp3) is 0.467. The van der Waals surface area contributed by atoms with E-state index in [1.807, 2.05) is 13.8 Å². The van der Waals surface area contributed by atoms with E-state index in [1.54, 1.807) is 25.1 Å². The van der Waals surface area contributed by atoms with E-state index in [9.17, 15) is 9.59 Å². The zero-order valence-electron chi connectivity index (χ0n) is 12.1. The average molecular weight is 280 g/mol. The third kappa shape index (κ3) is 4.57. The van der Waals surface area contributed by atoms with Gasteiger partial charge in [0.1, 0.15) is 17.9 Å². The summed E-state index contributed by atoms with van der Waals surface area (Å²) in [4.78, 5) is 23.5. The third-order valence-corrected chi connectivity index (χ3v) is 2.47. The highest BCUT2D eigenvalue weighted by Gasteiger charge is 2.18. The van der Waals surface area contributed by atoms with Gasteiger partial charge in [-0.1, -0.05) is 0 Å². The van der Waals surface area contributed by atoms with Crippen molar-refractivity contribution in [1.82, 2.24) is 0 Å². The molecule has 20 heavy (non-hydrogen) atoms. The van der Waals surface area contributed by atoms with E-state index < -0.39 is 5.97 Å². The van der Waals surface area contributed by atoms with E-state index in [2.05, 4.69) is 0 Å². The normalized spacial score (nSPS) is 9.95. The summed E-state index contributed by atoms with van der Waals surface area (Å²) in [6.45, 7) is 6.58. The van der Waals surface area contributed by atoms with Gasteiger partial charge < -0.3 is 14.2 Å². The molecule has 1 aromatic carbocycles. The lowest BCUT2D eigenvalue weighted by Gasteiger charge is -2.11. The zero-order valence-corrected chi connectivity index (χ0v) is 12.1. The van der Waals surface area contributed by atoms with Crippen molar-refractivity contribution in [2.75, 3.05) is 19.8 Å². The van der Waals surface area contributed by atoms with Crippen molar-refractivity contribution in [3.05, 3.63) is 23.8 Å². The first-order valence-electron chi connectivity index (χ1n) is 6.70. The lowest BCUT2D eigenvalue weighted by atomic mass is 10.1. The number of hydrogen-bond donors (Lipinski definition) is 0. The molecule has 0 saturated carbocycles. The quantitative estimate of drug-likeness (QED) is 0.416. The van der Waals surface area contributed by atoms with Gasteiger partial charge in [0.15, 0.2) is 5.78 Å². The summed E-state index contributed by atoms with van der Waals surface area (Å²) < 4.78 is 15.5. The smallest absolute Gasteiger partial charge is 0.313 e. The van der Waals surface area contributed by atoms with Gasteiger partial charge >= 0.3 is 5.97 Å². The number of hydrogen-bond acceptors (Lipinski definition) is 5. The van der Waals surface area contributed by atoms with E-state index >= 15 is 0 Å². The van der Waals surface area contributed by atoms with E-state index in [4.69, 9.17) is 14.2 Å². The van der Waals surface area contributed by atoms with Crippen molar-refractivity contribution < 1.29 is 23.8 Å². The molecule has 0 aliphatic rings. The number of rotatable bonds is 8. The van der Waals surface area contributed by atoms with E-state index in [0.717, 1.165) is 0 Å². The predicted octanol–water partition coefficient (Wildman–Crippen LogP) is 2.62. The Hall–Kier alpha value is -2.04. The van der Waals surface area contributed by atoms with Crippen LogP contribution in [-0.2, 0) is 9.53 Å². The minimum atomic E-state index is -0.540. The molecule has 0 aliphatic carbocycles. The van der Waals surface area contributed by atoms with Crippen molar-refractivity contribution >= 4 is 11.8 Å². The molecule has 5 heteroatoms. The second-order valence-electron chi connectivity index (χ2n) is 3.93. The van der Waals surface area contributed by atoms with Crippen LogP contribution in [0.15, 0.2) is 18.2 Å². The Balaban J connectivity index is 2.95. The maximum atomic E-state index is 12.1. The Morgan fingerprint density at radius 1 is 1.00 bits per heavy atom. The molecule has 0 amide bonds. The summed E-state index contributed by atoms with van der Waals surface area (Å²) in [5.41, 5.74) is 0.339. The van der Waals surface area contributed by atoms with Gasteiger partial charge in [0.25, 0.3) is 0 Å². The fourth-order valence-corrected chi connectivity index (χ4v) is 1.70. The molecule has 110 valence electrons. The monoisotopic (exact) mass is 280 g/mol. The average Bonchev–Trinajstić information content (AvgIpc) is 2.41. The van der Waals surface area contributed by atoms with Gasteiger partial charge in [-0.25, -0.2) is 0 Å². The van der Waals surface area contributed by atoms with E-state index in [0.29, 0.717) is 30.3 Å². The third-order valence-electron chi connectivity index (χ3n) is 2.47. The van der Waals surface area contributed by atoms with E-state index in [-0.39, 0.29) is 18.8 Å². The van der Waals surface area contributed by atoms with Crippen LogP contribution < -0.4 is 9.47 Å². The van der Waals surface area contributed by atoms with Gasteiger partial charge in [-0.3, -0.25) is 9.59 Å². The molecule has 1 rings (SSSR count). The van der Waals surface area contributed by atoms with Gasteiger partial charge in [0.2, 0.25) is 0 Å². The minimum Gasteiger partial charge on any atom is -0.494 e. The van der Waals surface area contributed by atoms with E-state index in [1.165, 1.54) is 0 Å². The van der Waals surface area contributed by atoms with Gasteiger partial charge in [0.05, 0.1) is 25.4 Å². The molecule has 0 heterocycles. The van der Waals surface area contributed by atoms with Gasteiger partial charge in [0, 0.05) is 0 Å². The minimum absolute atomic E-state index is 0.253. The number of Topliss-reactive ketones (excluding diaryl/α,β-unsaturated/α-hetero) is 1. The van der Waals surface area contributed by atoms with Gasteiger partial charge in [-0.2, -0.15) is 0 Å². The molecule has 0 spiro atoms. The van der Waals surface area contributed by atoms with Crippen LogP contribution in [0.2, 0.25) is 0 Å². The molecular weight excluding hydrogens is 260 g/mol. The molecule has 0 saturated heterocycles. The van der Waals surface area contributed by atoms with Crippen LogP contribution >= 0.6 is 0 Å². The Labute approximate surface area is 118 Å². The molecule has 0 bridgehead atoms. The molecule has 1 aromatic rings. The van der Waals surface area contributed by atoms with Crippen molar-refractivity contribution in [1.29, 1.82) is 0 Å². The first-order chi connectivity index (χ1) is 9.62. The maximum Gasteiger partial charge on any atom is 0.313 e. The molecule has 0 radical (unpaired) electrons. The molecule has 0 aromatic heterocycles. The molecule has 0 N–H and O–H groups in total. The largest absolute Gasteiger partial charge is 0.494 e. The number of ketones is 1. The molecule has 0 atom stereocenters. The van der Waals surface area contributed by atoms with Crippen LogP contribution in [0.25, 0.3) is 0 Å². The summed E-state index contributed by atoms with van der Waals surface area (Å²) in [6.07, 6.45) is -0.302. The number of ether oxygens (including phenoxy) is 3. The second kappa shape index (κ2) is 8.19. The molecule has 0 unspecified atom stereocenters. The van der Waals surface area contributed by atoms with Crippen molar-refractivity contribution in [2.45, 2.75) is 27.2 Å². The summed E-state index contributed by atoms with van der Waals surface area (Å²) >= 11 is 0. The zero-order chi connectivity index (χ0) is 15.0. The van der Waals surface area contributed by atoms with Crippen LogP contribution in [0.5, 0.6) is 11.5 Å². The Kier molecular flexibility index (Phi) is 6.56. The van der Waals surface area contributed by atoms with Crippen molar-refractivity contribution in [3.8, 4) is 11.5 Å². The predicted molar refractivity (Wildman–Crippen MR) is 74.4 cm³/mol. The number of carbonyl (C=O) groups excluding carboxylic acids is 2. The van der Waals surface area contributed by atoms with Gasteiger partial charge in [-0.05, 0) is 39.0 Å². The van der Waals surface area contributed by atoms with Crippen molar-refractivity contribution in [3.63, 3.8) is 0 Å². The highest BCUT2D eigenvalue weighted by atomic mass is 16.5. The first kappa shape index (κ1) is 16.0. The second-order valence-corrected chi connectivity index (χ2v) is 3.93. The first-order valence-corrected chi connectivity index (χ1v) is 6.70. The number of benzene rings is 1. The fourth-order valence-electron chi connectivity index (χ4n) is 1.70. The summed E-state index contributed by atoms with van der Waals surface area (Å²) in [5, 5.41) is 0. The van der Waals surface area contributed by atoms with Crippen LogP contribution in [0.1, 0.15) is 37.6 Å². The summed E-state index contributed by atoms with van der Waals surface area (Å²) in [5.74, 6) is 0.142. The lowest BCUT2D eigenvalue weighted by molar-refractivity contribution is -0.141. The topological polar surface area (TPSA) is 61.8 Å². The SMILES string of the molecule is CCOC(=O)CC(=O)c1cc(OCC)ccc1OCC. The molecule has 5 nitrogen and oxygen atoms in total. The van der Waals surface area contributed by atoms with Crippen LogP contribution in [0.3, 0.4) is 0 Å². The van der Waals surface area contributed by atoms with Crippen molar-refractivity contribution in [2.24, 2.45) is 0 Å².